The van der Waals surface area contributed by atoms with Crippen molar-refractivity contribution in [1.82, 2.24) is 15.2 Å². The van der Waals surface area contributed by atoms with Crippen molar-refractivity contribution in [2.24, 2.45) is 0 Å². The molecule has 0 aliphatic rings. The standard InChI is InChI=1S/C21H19N3O2S/c1-12-8-13(2)10-15(9-12)20-23-24-21(26-20)27-14(3)19(25)17-11-22-18-7-5-4-6-16(17)18/h4-11,14,22H,1-3H3/t14-/m1/s1. The molecule has 1 atom stereocenters. The van der Waals surface area contributed by atoms with E-state index in [1.807, 2.05) is 57.2 Å². The van der Waals surface area contributed by atoms with E-state index in [0.717, 1.165) is 27.6 Å². The van der Waals surface area contributed by atoms with Gasteiger partial charge in [-0.1, -0.05) is 47.2 Å². The van der Waals surface area contributed by atoms with Crippen LogP contribution >= 0.6 is 11.8 Å². The Labute approximate surface area is 161 Å². The number of benzene rings is 2. The summed E-state index contributed by atoms with van der Waals surface area (Å²) in [5.74, 6) is 0.500. The van der Waals surface area contributed by atoms with Gasteiger partial charge in [0.1, 0.15) is 0 Å². The summed E-state index contributed by atoms with van der Waals surface area (Å²) >= 11 is 1.28. The predicted octanol–water partition coefficient (Wildman–Crippen LogP) is 5.20. The van der Waals surface area contributed by atoms with Crippen LogP contribution in [0.4, 0.5) is 0 Å². The lowest BCUT2D eigenvalue weighted by Crippen LogP contribution is -2.13. The van der Waals surface area contributed by atoms with Gasteiger partial charge in [-0.25, -0.2) is 0 Å². The van der Waals surface area contributed by atoms with Crippen LogP contribution < -0.4 is 0 Å². The molecule has 0 aliphatic carbocycles. The number of H-pyrrole nitrogens is 1. The average molecular weight is 377 g/mol. The average Bonchev–Trinajstić information content (AvgIpc) is 3.27. The summed E-state index contributed by atoms with van der Waals surface area (Å²) in [5, 5.41) is 9.23. The predicted molar refractivity (Wildman–Crippen MR) is 107 cm³/mol. The highest BCUT2D eigenvalue weighted by Gasteiger charge is 2.22. The molecule has 0 spiro atoms. The molecule has 2 aromatic heterocycles. The van der Waals surface area contributed by atoms with E-state index in [9.17, 15) is 4.79 Å². The number of nitrogens with one attached hydrogen (secondary N) is 1. The molecule has 0 saturated heterocycles. The zero-order valence-electron chi connectivity index (χ0n) is 15.3. The fourth-order valence-corrected chi connectivity index (χ4v) is 3.92. The molecule has 0 fully saturated rings. The summed E-state index contributed by atoms with van der Waals surface area (Å²) in [6, 6.07) is 13.9. The fourth-order valence-electron chi connectivity index (χ4n) is 3.17. The molecule has 0 aliphatic heterocycles. The molecular weight excluding hydrogens is 358 g/mol. The topological polar surface area (TPSA) is 71.8 Å². The van der Waals surface area contributed by atoms with E-state index >= 15 is 0 Å². The smallest absolute Gasteiger partial charge is 0.277 e. The number of nitrogens with zero attached hydrogens (tertiary/aromatic N) is 2. The summed E-state index contributed by atoms with van der Waals surface area (Å²) in [4.78, 5) is 16.0. The third-order valence-corrected chi connectivity index (χ3v) is 5.31. The SMILES string of the molecule is Cc1cc(C)cc(-c2nnc(S[C@H](C)C(=O)c3c[nH]c4ccccc34)o2)c1. The number of carbonyl (C=O) groups is 1. The van der Waals surface area contributed by atoms with Crippen LogP contribution in [0.5, 0.6) is 0 Å². The molecule has 0 amide bonds. The van der Waals surface area contributed by atoms with Crippen LogP contribution in [0.2, 0.25) is 0 Å². The third-order valence-electron chi connectivity index (χ3n) is 4.38. The molecule has 2 aromatic carbocycles. The van der Waals surface area contributed by atoms with Gasteiger partial charge in [0.2, 0.25) is 5.89 Å². The molecule has 0 bridgehead atoms. The van der Waals surface area contributed by atoms with Gasteiger partial charge in [0.25, 0.3) is 5.22 Å². The first kappa shape index (κ1) is 17.5. The Morgan fingerprint density at radius 3 is 2.63 bits per heavy atom. The van der Waals surface area contributed by atoms with Gasteiger partial charge in [-0.15, -0.1) is 10.2 Å². The van der Waals surface area contributed by atoms with Crippen molar-refractivity contribution in [2.45, 2.75) is 31.2 Å². The molecule has 5 nitrogen and oxygen atoms in total. The van der Waals surface area contributed by atoms with Gasteiger partial charge in [-0.05, 0) is 39.0 Å². The lowest BCUT2D eigenvalue weighted by Gasteiger charge is -2.06. The van der Waals surface area contributed by atoms with Crippen molar-refractivity contribution in [1.29, 1.82) is 0 Å². The number of aromatic amines is 1. The maximum atomic E-state index is 12.9. The summed E-state index contributed by atoms with van der Waals surface area (Å²) in [6.07, 6.45) is 1.76. The van der Waals surface area contributed by atoms with E-state index in [2.05, 4.69) is 21.2 Å². The van der Waals surface area contributed by atoms with Crippen LogP contribution in [0.25, 0.3) is 22.4 Å². The van der Waals surface area contributed by atoms with Crippen LogP contribution in [0.15, 0.2) is 58.3 Å². The van der Waals surface area contributed by atoms with Crippen molar-refractivity contribution in [3.63, 3.8) is 0 Å². The molecule has 4 aromatic rings. The summed E-state index contributed by atoms with van der Waals surface area (Å²) < 4.78 is 5.79. The maximum absolute atomic E-state index is 12.9. The quantitative estimate of drug-likeness (QED) is 0.382. The zero-order chi connectivity index (χ0) is 19.0. The van der Waals surface area contributed by atoms with Crippen molar-refractivity contribution >= 4 is 28.4 Å². The molecule has 4 rings (SSSR count). The number of ketones is 1. The number of para-hydroxylation sites is 1. The Kier molecular flexibility index (Phi) is 4.58. The van der Waals surface area contributed by atoms with Crippen LogP contribution in [0, 0.1) is 13.8 Å². The van der Waals surface area contributed by atoms with E-state index in [0.29, 0.717) is 16.7 Å². The van der Waals surface area contributed by atoms with E-state index in [1.54, 1.807) is 6.20 Å². The minimum absolute atomic E-state index is 0.0311. The van der Waals surface area contributed by atoms with Crippen molar-refractivity contribution in [2.75, 3.05) is 0 Å². The van der Waals surface area contributed by atoms with Crippen molar-refractivity contribution < 1.29 is 9.21 Å². The first-order chi connectivity index (χ1) is 13.0. The molecule has 27 heavy (non-hydrogen) atoms. The maximum Gasteiger partial charge on any atom is 0.277 e. The number of fused-ring (bicyclic) bond motifs is 1. The second kappa shape index (κ2) is 7.04. The van der Waals surface area contributed by atoms with E-state index in [1.165, 1.54) is 11.8 Å². The number of aryl methyl sites for hydroxylation is 2. The number of Topliss-reactive ketones (excluding diaryl/α,β-unsaturated/α-hetero) is 1. The molecule has 0 unspecified atom stereocenters. The number of carbonyl (C=O) groups excluding carboxylic acids is 1. The molecule has 136 valence electrons. The highest BCUT2D eigenvalue weighted by Crippen LogP contribution is 2.30. The van der Waals surface area contributed by atoms with Gasteiger partial charge in [-0.2, -0.15) is 0 Å². The first-order valence-corrected chi connectivity index (χ1v) is 9.58. The number of rotatable bonds is 5. The summed E-state index contributed by atoms with van der Waals surface area (Å²) in [6.45, 7) is 5.92. The minimum atomic E-state index is -0.336. The van der Waals surface area contributed by atoms with Gasteiger partial charge < -0.3 is 9.40 Å². The largest absolute Gasteiger partial charge is 0.411 e. The molecule has 0 saturated carbocycles. The number of hydrogen-bond donors (Lipinski definition) is 1. The van der Waals surface area contributed by atoms with E-state index < -0.39 is 0 Å². The van der Waals surface area contributed by atoms with Gasteiger partial charge in [0, 0.05) is 28.2 Å². The van der Waals surface area contributed by atoms with Crippen LogP contribution in [0.3, 0.4) is 0 Å². The highest BCUT2D eigenvalue weighted by atomic mass is 32.2. The first-order valence-electron chi connectivity index (χ1n) is 8.70. The van der Waals surface area contributed by atoms with Gasteiger partial charge >= 0.3 is 0 Å². The fraction of sp³-hybridized carbons (Fsp3) is 0.190. The Morgan fingerprint density at radius 1 is 1.11 bits per heavy atom. The monoisotopic (exact) mass is 377 g/mol. The number of thioether (sulfide) groups is 1. The van der Waals surface area contributed by atoms with Crippen LogP contribution in [0.1, 0.15) is 28.4 Å². The highest BCUT2D eigenvalue weighted by molar-refractivity contribution is 8.00. The van der Waals surface area contributed by atoms with Gasteiger partial charge in [0.05, 0.1) is 5.25 Å². The molecule has 2 heterocycles. The van der Waals surface area contributed by atoms with Crippen molar-refractivity contribution in [3.8, 4) is 11.5 Å². The second-order valence-electron chi connectivity index (χ2n) is 6.62. The van der Waals surface area contributed by atoms with Crippen LogP contribution in [-0.2, 0) is 0 Å². The molecule has 0 radical (unpaired) electrons. The number of aromatic nitrogens is 3. The van der Waals surface area contributed by atoms with Crippen LogP contribution in [-0.4, -0.2) is 26.2 Å². The minimum Gasteiger partial charge on any atom is -0.411 e. The Hall–Kier alpha value is -2.86. The molecular formula is C21H19N3O2S. The Bertz CT molecular complexity index is 1110. The summed E-state index contributed by atoms with van der Waals surface area (Å²) in [5.41, 5.74) is 4.80. The van der Waals surface area contributed by atoms with Gasteiger partial charge in [0.15, 0.2) is 5.78 Å². The zero-order valence-corrected chi connectivity index (χ0v) is 16.1. The van der Waals surface area contributed by atoms with E-state index in [4.69, 9.17) is 4.42 Å². The Balaban J connectivity index is 1.54. The molecule has 6 heteroatoms. The third kappa shape index (κ3) is 3.53. The second-order valence-corrected chi connectivity index (χ2v) is 7.91. The normalized spacial score (nSPS) is 12.4. The Morgan fingerprint density at radius 2 is 1.85 bits per heavy atom. The lowest BCUT2D eigenvalue weighted by atomic mass is 10.1. The van der Waals surface area contributed by atoms with Gasteiger partial charge in [-0.3, -0.25) is 4.79 Å². The van der Waals surface area contributed by atoms with Crippen molar-refractivity contribution in [3.05, 3.63) is 65.4 Å². The lowest BCUT2D eigenvalue weighted by molar-refractivity contribution is 0.0995. The summed E-state index contributed by atoms with van der Waals surface area (Å²) in [7, 11) is 0. The number of hydrogen-bond acceptors (Lipinski definition) is 5. The van der Waals surface area contributed by atoms with E-state index in [-0.39, 0.29) is 11.0 Å². The molecule has 1 N–H and O–H groups in total.